The number of hydrogen-bond acceptors (Lipinski definition) is 6. The molecule has 0 unspecified atom stereocenters. The standard InChI is InChI=1S/C16H14ClN5S2/c1-8(2)13-19-20-16-22(13)21-15(24-16)12-9(3)18-14(23-12)10-6-4-5-7-11(10)17/h4-8H,1-3H3. The van der Waals surface area contributed by atoms with E-state index in [-0.39, 0.29) is 5.92 Å². The Morgan fingerprint density at radius 3 is 2.62 bits per heavy atom. The first kappa shape index (κ1) is 15.7. The van der Waals surface area contributed by atoms with Gasteiger partial charge in [-0.1, -0.05) is 55.0 Å². The van der Waals surface area contributed by atoms with Gasteiger partial charge in [0, 0.05) is 11.5 Å². The summed E-state index contributed by atoms with van der Waals surface area (Å²) in [5.41, 5.74) is 1.90. The highest BCUT2D eigenvalue weighted by atomic mass is 35.5. The van der Waals surface area contributed by atoms with Gasteiger partial charge in [0.2, 0.25) is 4.96 Å². The van der Waals surface area contributed by atoms with Crippen molar-refractivity contribution >= 4 is 39.2 Å². The maximum absolute atomic E-state index is 6.30. The highest BCUT2D eigenvalue weighted by Crippen LogP contribution is 2.39. The highest BCUT2D eigenvalue weighted by molar-refractivity contribution is 7.25. The molecule has 0 spiro atoms. The Balaban J connectivity index is 1.82. The summed E-state index contributed by atoms with van der Waals surface area (Å²) < 4.78 is 1.83. The van der Waals surface area contributed by atoms with E-state index < -0.39 is 0 Å². The van der Waals surface area contributed by atoms with E-state index in [1.165, 1.54) is 11.3 Å². The van der Waals surface area contributed by atoms with Crippen LogP contribution in [0.3, 0.4) is 0 Å². The van der Waals surface area contributed by atoms with E-state index in [2.05, 4.69) is 29.0 Å². The van der Waals surface area contributed by atoms with Crippen LogP contribution in [0.1, 0.15) is 31.3 Å². The predicted molar refractivity (Wildman–Crippen MR) is 99.0 cm³/mol. The van der Waals surface area contributed by atoms with Gasteiger partial charge in [0.15, 0.2) is 10.8 Å². The maximum atomic E-state index is 6.30. The van der Waals surface area contributed by atoms with Crippen LogP contribution in [-0.4, -0.2) is 24.8 Å². The van der Waals surface area contributed by atoms with Crippen molar-refractivity contribution in [2.45, 2.75) is 26.7 Å². The molecule has 24 heavy (non-hydrogen) atoms. The molecule has 0 radical (unpaired) electrons. The summed E-state index contributed by atoms with van der Waals surface area (Å²) in [7, 11) is 0. The molecule has 5 nitrogen and oxygen atoms in total. The molecule has 0 aliphatic rings. The lowest BCUT2D eigenvalue weighted by atomic mass is 10.2. The van der Waals surface area contributed by atoms with Crippen LogP contribution in [0.5, 0.6) is 0 Å². The van der Waals surface area contributed by atoms with E-state index in [0.29, 0.717) is 5.02 Å². The molecule has 0 fully saturated rings. The lowest BCUT2D eigenvalue weighted by Crippen LogP contribution is -1.97. The number of hydrogen-bond donors (Lipinski definition) is 0. The van der Waals surface area contributed by atoms with Gasteiger partial charge in [-0.2, -0.15) is 9.61 Å². The van der Waals surface area contributed by atoms with Gasteiger partial charge in [-0.05, 0) is 13.0 Å². The number of benzene rings is 1. The molecule has 0 saturated carbocycles. The number of aromatic nitrogens is 5. The number of rotatable bonds is 3. The minimum Gasteiger partial charge on any atom is -0.241 e. The molecule has 0 amide bonds. The van der Waals surface area contributed by atoms with Crippen molar-refractivity contribution < 1.29 is 0 Å². The molecular weight excluding hydrogens is 362 g/mol. The first-order valence-electron chi connectivity index (χ1n) is 7.49. The van der Waals surface area contributed by atoms with E-state index in [0.717, 1.165) is 36.9 Å². The number of halogens is 1. The zero-order chi connectivity index (χ0) is 16.8. The van der Waals surface area contributed by atoms with Gasteiger partial charge in [-0.3, -0.25) is 0 Å². The van der Waals surface area contributed by atoms with Crippen LogP contribution in [-0.2, 0) is 0 Å². The van der Waals surface area contributed by atoms with Gasteiger partial charge in [0.1, 0.15) is 5.01 Å². The second-order valence-corrected chi connectivity index (χ2v) is 8.09. The molecule has 3 heterocycles. The Hall–Kier alpha value is -1.83. The van der Waals surface area contributed by atoms with Gasteiger partial charge >= 0.3 is 0 Å². The minimum atomic E-state index is 0.274. The molecule has 3 aromatic heterocycles. The zero-order valence-corrected chi connectivity index (χ0v) is 15.7. The summed E-state index contributed by atoms with van der Waals surface area (Å²) in [6.07, 6.45) is 0. The third-order valence-electron chi connectivity index (χ3n) is 3.63. The second kappa shape index (κ2) is 5.91. The van der Waals surface area contributed by atoms with Crippen molar-refractivity contribution in [2.24, 2.45) is 0 Å². The molecule has 0 bridgehead atoms. The van der Waals surface area contributed by atoms with Crippen LogP contribution in [0.25, 0.3) is 25.4 Å². The Kier molecular flexibility index (Phi) is 3.86. The highest BCUT2D eigenvalue weighted by Gasteiger charge is 2.19. The maximum Gasteiger partial charge on any atom is 0.235 e. The SMILES string of the molecule is Cc1nc(-c2ccccc2Cl)sc1-c1nn2c(C(C)C)nnc2s1. The topological polar surface area (TPSA) is 56.0 Å². The summed E-state index contributed by atoms with van der Waals surface area (Å²) in [5.74, 6) is 1.15. The molecule has 0 aliphatic heterocycles. The van der Waals surface area contributed by atoms with Crippen LogP contribution in [0.15, 0.2) is 24.3 Å². The van der Waals surface area contributed by atoms with Crippen LogP contribution in [0.2, 0.25) is 5.02 Å². The van der Waals surface area contributed by atoms with Crippen molar-refractivity contribution in [3.63, 3.8) is 0 Å². The predicted octanol–water partition coefficient (Wildman–Crippen LogP) is 5.06. The Labute approximate surface area is 152 Å². The summed E-state index contributed by atoms with van der Waals surface area (Å²) in [5, 5.41) is 15.7. The molecule has 0 aliphatic carbocycles. The first-order valence-corrected chi connectivity index (χ1v) is 9.50. The van der Waals surface area contributed by atoms with Gasteiger partial charge in [-0.25, -0.2) is 4.98 Å². The monoisotopic (exact) mass is 375 g/mol. The molecule has 0 atom stereocenters. The lowest BCUT2D eigenvalue weighted by Gasteiger charge is -1.98. The Morgan fingerprint density at radius 1 is 1.08 bits per heavy atom. The number of nitrogens with zero attached hydrogens (tertiary/aromatic N) is 5. The van der Waals surface area contributed by atoms with Gasteiger partial charge < -0.3 is 0 Å². The van der Waals surface area contributed by atoms with Gasteiger partial charge in [0.05, 0.1) is 15.6 Å². The Morgan fingerprint density at radius 2 is 1.88 bits per heavy atom. The third-order valence-corrected chi connectivity index (χ3v) is 6.20. The van der Waals surface area contributed by atoms with Gasteiger partial charge in [0.25, 0.3) is 0 Å². The average Bonchev–Trinajstić information content (AvgIpc) is 3.20. The molecule has 4 aromatic rings. The fourth-order valence-corrected chi connectivity index (χ4v) is 4.78. The molecular formula is C16H14ClN5S2. The van der Waals surface area contributed by atoms with E-state index >= 15 is 0 Å². The van der Waals surface area contributed by atoms with Gasteiger partial charge in [-0.15, -0.1) is 21.5 Å². The van der Waals surface area contributed by atoms with Crippen LogP contribution in [0, 0.1) is 6.92 Å². The third kappa shape index (κ3) is 2.53. The fourth-order valence-electron chi connectivity index (χ4n) is 2.43. The molecule has 0 N–H and O–H groups in total. The summed E-state index contributed by atoms with van der Waals surface area (Å²) in [6.45, 7) is 6.17. The quantitative estimate of drug-likeness (QED) is 0.502. The largest absolute Gasteiger partial charge is 0.241 e. The molecule has 4 rings (SSSR count). The van der Waals surface area contributed by atoms with E-state index in [4.69, 9.17) is 16.7 Å². The van der Waals surface area contributed by atoms with Crippen molar-refractivity contribution in [3.8, 4) is 20.5 Å². The van der Waals surface area contributed by atoms with Crippen molar-refractivity contribution in [2.75, 3.05) is 0 Å². The number of aryl methyl sites for hydroxylation is 1. The zero-order valence-electron chi connectivity index (χ0n) is 13.3. The smallest absolute Gasteiger partial charge is 0.235 e. The summed E-state index contributed by atoms with van der Waals surface area (Å²) in [4.78, 5) is 6.54. The Bertz CT molecular complexity index is 1030. The molecule has 122 valence electrons. The average molecular weight is 376 g/mol. The normalized spacial score (nSPS) is 11.7. The molecule has 0 saturated heterocycles. The van der Waals surface area contributed by atoms with Crippen molar-refractivity contribution in [1.82, 2.24) is 24.8 Å². The van der Waals surface area contributed by atoms with E-state index in [1.54, 1.807) is 11.3 Å². The summed E-state index contributed by atoms with van der Waals surface area (Å²) >= 11 is 9.43. The van der Waals surface area contributed by atoms with Crippen LogP contribution >= 0.6 is 34.3 Å². The number of thiazole rings is 1. The van der Waals surface area contributed by atoms with Crippen LogP contribution < -0.4 is 0 Å². The summed E-state index contributed by atoms with van der Waals surface area (Å²) in [6, 6.07) is 7.75. The fraction of sp³-hybridized carbons (Fsp3) is 0.250. The minimum absolute atomic E-state index is 0.274. The second-order valence-electron chi connectivity index (χ2n) is 5.73. The molecule has 8 heteroatoms. The van der Waals surface area contributed by atoms with Crippen LogP contribution in [0.4, 0.5) is 0 Å². The van der Waals surface area contributed by atoms with Crippen molar-refractivity contribution in [3.05, 3.63) is 40.8 Å². The van der Waals surface area contributed by atoms with E-state index in [1.807, 2.05) is 35.7 Å². The van der Waals surface area contributed by atoms with Crippen molar-refractivity contribution in [1.29, 1.82) is 0 Å². The van der Waals surface area contributed by atoms with E-state index in [9.17, 15) is 0 Å². The first-order chi connectivity index (χ1) is 11.5. The number of fused-ring (bicyclic) bond motifs is 1. The molecule has 1 aromatic carbocycles. The lowest BCUT2D eigenvalue weighted by molar-refractivity contribution is 0.727.